The highest BCUT2D eigenvalue weighted by Crippen LogP contribution is 2.22. The lowest BCUT2D eigenvalue weighted by Gasteiger charge is -2.03. The molecule has 3 rings (SSSR count). The molecular formula is C14H12N4O2. The van der Waals surface area contributed by atoms with Crippen LogP contribution in [0.3, 0.4) is 0 Å². The number of carbonyl (C=O) groups is 1. The molecule has 20 heavy (non-hydrogen) atoms. The van der Waals surface area contributed by atoms with Crippen molar-refractivity contribution in [2.24, 2.45) is 0 Å². The van der Waals surface area contributed by atoms with Gasteiger partial charge in [0, 0.05) is 18.6 Å². The average molecular weight is 268 g/mol. The summed E-state index contributed by atoms with van der Waals surface area (Å²) in [4.78, 5) is 24.9. The van der Waals surface area contributed by atoms with Crippen LogP contribution in [0.5, 0.6) is 0 Å². The first kappa shape index (κ1) is 12.3. The predicted octanol–water partition coefficient (Wildman–Crippen LogP) is 1.97. The van der Waals surface area contributed by atoms with Crippen molar-refractivity contribution in [1.29, 1.82) is 0 Å². The first-order valence-corrected chi connectivity index (χ1v) is 6.23. The normalized spacial score (nSPS) is 10.7. The quantitative estimate of drug-likeness (QED) is 0.679. The minimum absolute atomic E-state index is 0.300. The number of hydrogen-bond donors (Lipinski definition) is 0. The third kappa shape index (κ3) is 2.01. The van der Waals surface area contributed by atoms with Crippen molar-refractivity contribution in [2.45, 2.75) is 6.92 Å². The van der Waals surface area contributed by atoms with Gasteiger partial charge in [-0.15, -0.1) is 0 Å². The Morgan fingerprint density at radius 1 is 1.25 bits per heavy atom. The molecule has 0 aliphatic heterocycles. The van der Waals surface area contributed by atoms with E-state index in [1.807, 2.05) is 12.1 Å². The van der Waals surface area contributed by atoms with Gasteiger partial charge in [-0.05, 0) is 25.1 Å². The van der Waals surface area contributed by atoms with Gasteiger partial charge in [0.25, 0.3) is 0 Å². The molecule has 0 aliphatic rings. The summed E-state index contributed by atoms with van der Waals surface area (Å²) in [7, 11) is 0. The van der Waals surface area contributed by atoms with Gasteiger partial charge in [0.2, 0.25) is 5.78 Å². The van der Waals surface area contributed by atoms with Crippen LogP contribution in [0, 0.1) is 0 Å². The van der Waals surface area contributed by atoms with Crippen LogP contribution in [0.25, 0.3) is 17.2 Å². The van der Waals surface area contributed by atoms with Crippen molar-refractivity contribution in [3.05, 3.63) is 48.5 Å². The lowest BCUT2D eigenvalue weighted by Crippen LogP contribution is -2.09. The Morgan fingerprint density at radius 2 is 2.10 bits per heavy atom. The van der Waals surface area contributed by atoms with Crippen LogP contribution in [-0.4, -0.2) is 31.9 Å². The first-order valence-electron chi connectivity index (χ1n) is 6.23. The number of imidazole rings is 1. The molecule has 0 atom stereocenters. The highest BCUT2D eigenvalue weighted by molar-refractivity contribution is 5.95. The van der Waals surface area contributed by atoms with E-state index in [4.69, 9.17) is 4.74 Å². The molecule has 0 aliphatic carbocycles. The third-order valence-corrected chi connectivity index (χ3v) is 2.78. The van der Waals surface area contributed by atoms with Crippen molar-refractivity contribution in [2.75, 3.05) is 6.61 Å². The van der Waals surface area contributed by atoms with Crippen molar-refractivity contribution >= 4 is 11.7 Å². The van der Waals surface area contributed by atoms with Gasteiger partial charge in [-0.3, -0.25) is 9.38 Å². The maximum Gasteiger partial charge on any atom is 0.357 e. The van der Waals surface area contributed by atoms with Gasteiger partial charge in [-0.1, -0.05) is 6.07 Å². The van der Waals surface area contributed by atoms with Gasteiger partial charge in [0.1, 0.15) is 5.69 Å². The minimum Gasteiger partial charge on any atom is -0.461 e. The minimum atomic E-state index is -0.436. The maximum atomic E-state index is 12.2. The maximum absolute atomic E-state index is 12.2. The fraction of sp³-hybridized carbons (Fsp3) is 0.143. The molecular weight excluding hydrogens is 256 g/mol. The van der Waals surface area contributed by atoms with E-state index >= 15 is 0 Å². The van der Waals surface area contributed by atoms with Gasteiger partial charge < -0.3 is 4.74 Å². The molecule has 3 aromatic heterocycles. The molecule has 0 radical (unpaired) electrons. The summed E-state index contributed by atoms with van der Waals surface area (Å²) in [5, 5.41) is 0. The Morgan fingerprint density at radius 3 is 2.85 bits per heavy atom. The summed E-state index contributed by atoms with van der Waals surface area (Å²) in [6, 6.07) is 7.18. The molecule has 0 spiro atoms. The molecule has 0 saturated heterocycles. The van der Waals surface area contributed by atoms with Crippen molar-refractivity contribution in [1.82, 2.24) is 19.4 Å². The summed E-state index contributed by atoms with van der Waals surface area (Å²) in [6.07, 6.45) is 5.01. The van der Waals surface area contributed by atoms with E-state index in [-0.39, 0.29) is 0 Å². The lowest BCUT2D eigenvalue weighted by atomic mass is 10.2. The second-order valence-electron chi connectivity index (χ2n) is 4.03. The van der Waals surface area contributed by atoms with Crippen LogP contribution in [0.15, 0.2) is 42.9 Å². The van der Waals surface area contributed by atoms with E-state index in [2.05, 4.69) is 15.0 Å². The molecule has 6 heteroatoms. The molecule has 3 aromatic rings. The van der Waals surface area contributed by atoms with E-state index < -0.39 is 5.97 Å². The summed E-state index contributed by atoms with van der Waals surface area (Å²) in [6.45, 7) is 2.06. The molecule has 0 aromatic carbocycles. The second kappa shape index (κ2) is 5.08. The topological polar surface area (TPSA) is 69.4 Å². The van der Waals surface area contributed by atoms with Gasteiger partial charge in [-0.25, -0.2) is 14.8 Å². The summed E-state index contributed by atoms with van der Waals surface area (Å²) < 4.78 is 6.71. The summed E-state index contributed by atoms with van der Waals surface area (Å²) >= 11 is 0. The Kier molecular flexibility index (Phi) is 3.12. The van der Waals surface area contributed by atoms with Crippen LogP contribution in [0.2, 0.25) is 0 Å². The van der Waals surface area contributed by atoms with Crippen molar-refractivity contribution in [3.63, 3.8) is 0 Å². The number of ether oxygens (including phenoxy) is 1. The van der Waals surface area contributed by atoms with Crippen LogP contribution >= 0.6 is 0 Å². The zero-order chi connectivity index (χ0) is 13.9. The molecule has 0 bridgehead atoms. The number of esters is 1. The number of nitrogens with zero attached hydrogens (tertiary/aromatic N) is 4. The van der Waals surface area contributed by atoms with Crippen LogP contribution in [0.4, 0.5) is 0 Å². The fourth-order valence-electron chi connectivity index (χ4n) is 1.96. The molecule has 0 N–H and O–H groups in total. The Labute approximate surface area is 115 Å². The highest BCUT2D eigenvalue weighted by Gasteiger charge is 2.22. The monoisotopic (exact) mass is 268 g/mol. The van der Waals surface area contributed by atoms with Crippen LogP contribution in [0.1, 0.15) is 17.4 Å². The number of aromatic nitrogens is 4. The largest absolute Gasteiger partial charge is 0.461 e. The predicted molar refractivity (Wildman–Crippen MR) is 72.2 cm³/mol. The zero-order valence-corrected chi connectivity index (χ0v) is 10.9. The van der Waals surface area contributed by atoms with E-state index in [1.165, 1.54) is 0 Å². The molecule has 100 valence electrons. The number of rotatable bonds is 3. The Hall–Kier alpha value is -2.76. The Balaban J connectivity index is 2.25. The zero-order valence-electron chi connectivity index (χ0n) is 10.9. The van der Waals surface area contributed by atoms with Crippen LogP contribution < -0.4 is 0 Å². The van der Waals surface area contributed by atoms with Gasteiger partial charge in [0.05, 0.1) is 12.3 Å². The first-order chi connectivity index (χ1) is 9.81. The van der Waals surface area contributed by atoms with Gasteiger partial charge >= 0.3 is 5.97 Å². The third-order valence-electron chi connectivity index (χ3n) is 2.78. The second-order valence-corrected chi connectivity index (χ2v) is 4.03. The smallest absolute Gasteiger partial charge is 0.357 e. The number of hydrogen-bond acceptors (Lipinski definition) is 5. The SMILES string of the molecule is CCOC(=O)c1c(-c2ccccn2)nc2ncccn12. The van der Waals surface area contributed by atoms with Crippen molar-refractivity contribution < 1.29 is 9.53 Å². The van der Waals surface area contributed by atoms with Gasteiger partial charge in [0.15, 0.2) is 5.69 Å². The molecule has 3 heterocycles. The van der Waals surface area contributed by atoms with E-state index in [9.17, 15) is 4.79 Å². The Bertz CT molecular complexity index is 752. The van der Waals surface area contributed by atoms with E-state index in [1.54, 1.807) is 42.0 Å². The van der Waals surface area contributed by atoms with Gasteiger partial charge in [-0.2, -0.15) is 0 Å². The molecule has 0 amide bonds. The summed E-state index contributed by atoms with van der Waals surface area (Å²) in [5.41, 5.74) is 1.43. The number of carbonyl (C=O) groups excluding carboxylic acids is 1. The van der Waals surface area contributed by atoms with E-state index in [0.29, 0.717) is 29.5 Å². The van der Waals surface area contributed by atoms with E-state index in [0.717, 1.165) is 0 Å². The molecule has 0 fully saturated rings. The fourth-order valence-corrected chi connectivity index (χ4v) is 1.96. The summed E-state index contributed by atoms with van der Waals surface area (Å²) in [5.74, 6) is 0.00450. The van der Waals surface area contributed by atoms with Crippen molar-refractivity contribution in [3.8, 4) is 11.4 Å². The number of fused-ring (bicyclic) bond motifs is 1. The average Bonchev–Trinajstić information content (AvgIpc) is 2.88. The molecule has 0 saturated carbocycles. The lowest BCUT2D eigenvalue weighted by molar-refractivity contribution is 0.0519. The molecule has 0 unspecified atom stereocenters. The van der Waals surface area contributed by atoms with Crippen LogP contribution in [-0.2, 0) is 4.74 Å². The standard InChI is InChI=1S/C14H12N4O2/c1-2-20-13(19)12-11(10-6-3-4-7-15-10)17-14-16-8-5-9-18(12)14/h3-9H,2H2,1H3. The molecule has 6 nitrogen and oxygen atoms in total. The number of pyridine rings is 1. The highest BCUT2D eigenvalue weighted by atomic mass is 16.5.